The van der Waals surface area contributed by atoms with Crippen LogP contribution >= 0.6 is 15.9 Å². The van der Waals surface area contributed by atoms with E-state index in [-0.39, 0.29) is 0 Å². The summed E-state index contributed by atoms with van der Waals surface area (Å²) >= 11 is 3.35. The van der Waals surface area contributed by atoms with Gasteiger partial charge in [-0.15, -0.1) is 0 Å². The number of carbonyl (C=O) groups is 1. The summed E-state index contributed by atoms with van der Waals surface area (Å²) in [6.07, 6.45) is 2.90. The number of nitrogens with zero attached hydrogens (tertiary/aromatic N) is 2. The second kappa shape index (κ2) is 6.62. The zero-order chi connectivity index (χ0) is 19.1. The van der Waals surface area contributed by atoms with E-state index in [0.29, 0.717) is 49.5 Å². The van der Waals surface area contributed by atoms with Gasteiger partial charge >= 0.3 is 5.97 Å². The van der Waals surface area contributed by atoms with Crippen LogP contribution < -0.4 is 0 Å². The van der Waals surface area contributed by atoms with E-state index in [0.717, 1.165) is 0 Å². The molecule has 0 radical (unpaired) electrons. The molecular weight excluding hydrogens is 417 g/mol. The van der Waals surface area contributed by atoms with Crippen molar-refractivity contribution in [2.45, 2.75) is 6.92 Å². The number of nitrogens with one attached hydrogen (secondary N) is 1. The number of hydrogen-bond acceptors (Lipinski definition) is 5. The van der Waals surface area contributed by atoms with Crippen molar-refractivity contribution in [2.75, 3.05) is 7.11 Å². The number of H-pyrrole nitrogens is 1. The highest BCUT2D eigenvalue weighted by Crippen LogP contribution is 2.34. The number of carbonyl (C=O) groups excluding carboxylic acids is 1. The lowest BCUT2D eigenvalue weighted by molar-refractivity contribution is 0.0602. The van der Waals surface area contributed by atoms with Crippen LogP contribution in [0.3, 0.4) is 0 Å². The normalized spacial score (nSPS) is 11.1. The molecule has 0 unspecified atom stereocenters. The number of fused-ring (bicyclic) bond motifs is 1. The highest BCUT2D eigenvalue weighted by Gasteiger charge is 2.20. The Morgan fingerprint density at radius 2 is 2.04 bits per heavy atom. The van der Waals surface area contributed by atoms with Gasteiger partial charge in [0.2, 0.25) is 0 Å². The molecule has 0 fully saturated rings. The van der Waals surface area contributed by atoms with Crippen molar-refractivity contribution in [3.05, 3.63) is 58.5 Å². The molecule has 136 valence electrons. The van der Waals surface area contributed by atoms with E-state index in [2.05, 4.69) is 30.9 Å². The molecule has 0 amide bonds. The lowest BCUT2D eigenvalue weighted by Gasteiger charge is -2.04. The summed E-state index contributed by atoms with van der Waals surface area (Å²) in [6.45, 7) is 1.70. The van der Waals surface area contributed by atoms with Gasteiger partial charge in [-0.3, -0.25) is 0 Å². The highest BCUT2D eigenvalue weighted by atomic mass is 79.9. The number of halogens is 2. The molecule has 4 rings (SSSR count). The zero-order valence-electron chi connectivity index (χ0n) is 14.3. The lowest BCUT2D eigenvalue weighted by atomic mass is 10.0. The molecular formula is C19H13BrFN3O3. The third-order valence-corrected chi connectivity index (χ3v) is 4.80. The van der Waals surface area contributed by atoms with Gasteiger partial charge in [0.25, 0.3) is 0 Å². The number of aromatic amines is 1. The second-order valence-corrected chi connectivity index (χ2v) is 6.59. The zero-order valence-corrected chi connectivity index (χ0v) is 15.9. The first-order valence-corrected chi connectivity index (χ1v) is 8.76. The number of oxazole rings is 1. The van der Waals surface area contributed by atoms with E-state index in [1.54, 1.807) is 31.2 Å². The summed E-state index contributed by atoms with van der Waals surface area (Å²) in [7, 11) is 1.30. The second-order valence-electron chi connectivity index (χ2n) is 5.84. The minimum absolute atomic E-state index is 0.292. The number of pyridine rings is 1. The van der Waals surface area contributed by atoms with E-state index in [1.165, 1.54) is 19.5 Å². The number of rotatable bonds is 3. The van der Waals surface area contributed by atoms with Crippen LogP contribution in [0.5, 0.6) is 0 Å². The SMILES string of the molecule is COC(=O)c1cnc(Br)c2[nH]c(-c3cccc(-c4cnc(C)o4)c3F)cc12. The lowest BCUT2D eigenvalue weighted by Crippen LogP contribution is -2.02. The highest BCUT2D eigenvalue weighted by molar-refractivity contribution is 9.10. The number of hydrogen-bond donors (Lipinski definition) is 1. The summed E-state index contributed by atoms with van der Waals surface area (Å²) in [5.74, 6) is -0.167. The van der Waals surface area contributed by atoms with E-state index >= 15 is 4.39 Å². The first-order valence-electron chi connectivity index (χ1n) is 7.97. The van der Waals surface area contributed by atoms with Crippen LogP contribution in [0.25, 0.3) is 33.5 Å². The molecule has 0 spiro atoms. The fourth-order valence-electron chi connectivity index (χ4n) is 2.92. The van der Waals surface area contributed by atoms with Gasteiger partial charge in [-0.05, 0) is 34.1 Å². The minimum atomic E-state index is -0.517. The number of ether oxygens (including phenoxy) is 1. The van der Waals surface area contributed by atoms with E-state index in [4.69, 9.17) is 9.15 Å². The van der Waals surface area contributed by atoms with Crippen molar-refractivity contribution in [3.63, 3.8) is 0 Å². The molecule has 0 aliphatic rings. The number of esters is 1. The molecule has 4 aromatic rings. The van der Waals surface area contributed by atoms with Crippen LogP contribution in [-0.2, 0) is 4.74 Å². The smallest absolute Gasteiger partial charge is 0.340 e. The van der Waals surface area contributed by atoms with Gasteiger partial charge in [0.15, 0.2) is 11.7 Å². The van der Waals surface area contributed by atoms with Crippen LogP contribution in [0.2, 0.25) is 0 Å². The van der Waals surface area contributed by atoms with E-state index in [9.17, 15) is 4.79 Å². The largest absolute Gasteiger partial charge is 0.465 e. The van der Waals surface area contributed by atoms with Crippen LogP contribution in [-0.4, -0.2) is 28.0 Å². The maximum Gasteiger partial charge on any atom is 0.340 e. The molecule has 27 heavy (non-hydrogen) atoms. The van der Waals surface area contributed by atoms with Crippen LogP contribution in [0, 0.1) is 12.7 Å². The summed E-state index contributed by atoms with van der Waals surface area (Å²) < 4.78 is 25.9. The Morgan fingerprint density at radius 1 is 1.26 bits per heavy atom. The monoisotopic (exact) mass is 429 g/mol. The molecule has 0 aliphatic heterocycles. The Morgan fingerprint density at radius 3 is 2.74 bits per heavy atom. The molecule has 1 aromatic carbocycles. The van der Waals surface area contributed by atoms with Crippen LogP contribution in [0.4, 0.5) is 4.39 Å². The third-order valence-electron chi connectivity index (χ3n) is 4.20. The molecule has 6 nitrogen and oxygen atoms in total. The van der Waals surface area contributed by atoms with Gasteiger partial charge in [-0.2, -0.15) is 0 Å². The van der Waals surface area contributed by atoms with Gasteiger partial charge in [-0.1, -0.05) is 6.07 Å². The summed E-state index contributed by atoms with van der Waals surface area (Å²) in [4.78, 5) is 23.3. The van der Waals surface area contributed by atoms with Gasteiger partial charge in [0, 0.05) is 29.8 Å². The quantitative estimate of drug-likeness (QED) is 0.370. The van der Waals surface area contributed by atoms with E-state index < -0.39 is 11.8 Å². The number of aromatic nitrogens is 3. The predicted octanol–water partition coefficient (Wildman–Crippen LogP) is 4.88. The maximum atomic E-state index is 15.2. The fourth-order valence-corrected chi connectivity index (χ4v) is 3.33. The Labute approximate surface area is 161 Å². The first kappa shape index (κ1) is 17.4. The van der Waals surface area contributed by atoms with Crippen molar-refractivity contribution in [3.8, 4) is 22.6 Å². The van der Waals surface area contributed by atoms with Gasteiger partial charge in [-0.25, -0.2) is 19.2 Å². The maximum absolute atomic E-state index is 15.2. The van der Waals surface area contributed by atoms with Crippen molar-refractivity contribution in [2.24, 2.45) is 0 Å². The third kappa shape index (κ3) is 2.91. The van der Waals surface area contributed by atoms with Crippen molar-refractivity contribution < 1.29 is 18.3 Å². The molecule has 8 heteroatoms. The Bertz CT molecular complexity index is 1180. The van der Waals surface area contributed by atoms with Crippen LogP contribution in [0.15, 0.2) is 45.7 Å². The average molecular weight is 430 g/mol. The van der Waals surface area contributed by atoms with Gasteiger partial charge in [0.05, 0.1) is 30.0 Å². The topological polar surface area (TPSA) is 81.0 Å². The molecule has 3 aromatic heterocycles. The van der Waals surface area contributed by atoms with Crippen molar-refractivity contribution in [1.29, 1.82) is 0 Å². The molecule has 1 N–H and O–H groups in total. The number of methoxy groups -OCH3 is 1. The van der Waals surface area contributed by atoms with E-state index in [1.807, 2.05) is 0 Å². The molecule has 0 saturated heterocycles. The van der Waals surface area contributed by atoms with Crippen molar-refractivity contribution >= 4 is 32.8 Å². The molecule has 0 atom stereocenters. The minimum Gasteiger partial charge on any atom is -0.465 e. The Kier molecular flexibility index (Phi) is 4.27. The summed E-state index contributed by atoms with van der Waals surface area (Å²) in [5.41, 5.74) is 2.01. The summed E-state index contributed by atoms with van der Waals surface area (Å²) in [5, 5.41) is 0.582. The van der Waals surface area contributed by atoms with Crippen molar-refractivity contribution in [1.82, 2.24) is 15.0 Å². The number of aryl methyl sites for hydroxylation is 1. The molecule has 0 bridgehead atoms. The van der Waals surface area contributed by atoms with Gasteiger partial charge < -0.3 is 14.1 Å². The predicted molar refractivity (Wildman–Crippen MR) is 101 cm³/mol. The number of benzene rings is 1. The Balaban J connectivity index is 1.91. The summed E-state index contributed by atoms with van der Waals surface area (Å²) in [6, 6.07) is 6.69. The fraction of sp³-hybridized carbons (Fsp3) is 0.105. The van der Waals surface area contributed by atoms with Gasteiger partial charge in [0.1, 0.15) is 10.4 Å². The average Bonchev–Trinajstić information content (AvgIpc) is 3.29. The first-order chi connectivity index (χ1) is 13.0. The Hall–Kier alpha value is -3.00. The van der Waals surface area contributed by atoms with Crippen LogP contribution in [0.1, 0.15) is 16.2 Å². The standard InChI is InChI=1S/C19H13BrFN3O3/c1-9-22-8-15(27-9)11-5-3-4-10(16(11)21)14-6-12-13(19(25)26-2)7-23-18(20)17(12)24-14/h3-8,24H,1-2H3. The molecule has 3 heterocycles. The molecule has 0 saturated carbocycles. The molecule has 0 aliphatic carbocycles.